The van der Waals surface area contributed by atoms with E-state index in [0.717, 1.165) is 25.7 Å². The van der Waals surface area contributed by atoms with E-state index in [4.69, 9.17) is 9.05 Å². The van der Waals surface area contributed by atoms with Gasteiger partial charge in [-0.05, 0) is 38.5 Å². The molecule has 1 rings (SSSR count). The van der Waals surface area contributed by atoms with Crippen LogP contribution in [0.3, 0.4) is 0 Å². The topological polar surface area (TPSA) is 55.8 Å². The van der Waals surface area contributed by atoms with Gasteiger partial charge in [0.1, 0.15) is 0 Å². The summed E-state index contributed by atoms with van der Waals surface area (Å²) < 4.78 is 23.1. The Morgan fingerprint density at radius 1 is 1.12 bits per heavy atom. The van der Waals surface area contributed by atoms with Crippen molar-refractivity contribution >= 4 is 7.60 Å². The van der Waals surface area contributed by atoms with Crippen LogP contribution in [0.15, 0.2) is 0 Å². The first-order valence-electron chi connectivity index (χ1n) is 6.64. The summed E-state index contributed by atoms with van der Waals surface area (Å²) in [5.74, 6) is 0.538. The fourth-order valence-electron chi connectivity index (χ4n) is 2.59. The molecule has 0 spiro atoms. The molecule has 1 aliphatic rings. The maximum absolute atomic E-state index is 12.4. The average molecular weight is 264 g/mol. The fraction of sp³-hybridized carbons (Fsp3) is 1.00. The lowest BCUT2D eigenvalue weighted by Crippen LogP contribution is -2.26. The van der Waals surface area contributed by atoms with E-state index in [-0.39, 0.29) is 18.4 Å². The standard InChI is InChI=1S/C12H25O4P/c1-3-15-17(14,16-4-2)10-12-8-6-5-7-11(12)9-13/h11-13H,3-10H2,1-2H3/t11-,12+/m1/s1. The molecule has 0 bridgehead atoms. The van der Waals surface area contributed by atoms with E-state index in [0.29, 0.717) is 19.4 Å². The SMILES string of the molecule is CCOP(=O)(C[C@@H]1CCCC[C@@H]1CO)OCC. The summed E-state index contributed by atoms with van der Waals surface area (Å²) in [4.78, 5) is 0. The summed E-state index contributed by atoms with van der Waals surface area (Å²) in [6, 6.07) is 0. The zero-order valence-electron chi connectivity index (χ0n) is 10.9. The highest BCUT2D eigenvalue weighted by atomic mass is 31.2. The van der Waals surface area contributed by atoms with Crippen LogP contribution in [0, 0.1) is 11.8 Å². The van der Waals surface area contributed by atoms with Crippen LogP contribution < -0.4 is 0 Å². The largest absolute Gasteiger partial charge is 0.396 e. The minimum atomic E-state index is -2.95. The highest BCUT2D eigenvalue weighted by Gasteiger charge is 2.33. The van der Waals surface area contributed by atoms with Crippen LogP contribution >= 0.6 is 7.60 Å². The van der Waals surface area contributed by atoms with Crippen LogP contribution in [0.1, 0.15) is 39.5 Å². The third-order valence-electron chi connectivity index (χ3n) is 3.41. The molecule has 0 unspecified atom stereocenters. The molecule has 1 fully saturated rings. The summed E-state index contributed by atoms with van der Waals surface area (Å²) in [6.45, 7) is 4.66. The number of hydrogen-bond donors (Lipinski definition) is 1. The highest BCUT2D eigenvalue weighted by Crippen LogP contribution is 2.52. The normalized spacial score (nSPS) is 26.1. The van der Waals surface area contributed by atoms with Crippen LogP contribution in [0.5, 0.6) is 0 Å². The molecule has 2 atom stereocenters. The van der Waals surface area contributed by atoms with E-state index in [1.807, 2.05) is 13.8 Å². The lowest BCUT2D eigenvalue weighted by atomic mass is 9.81. The van der Waals surface area contributed by atoms with E-state index in [9.17, 15) is 9.67 Å². The van der Waals surface area contributed by atoms with Gasteiger partial charge in [-0.15, -0.1) is 0 Å². The number of rotatable bonds is 7. The van der Waals surface area contributed by atoms with E-state index in [1.54, 1.807) is 0 Å². The zero-order valence-corrected chi connectivity index (χ0v) is 11.8. The molecule has 0 aromatic heterocycles. The zero-order chi connectivity index (χ0) is 12.7. The van der Waals surface area contributed by atoms with Crippen molar-refractivity contribution in [3.63, 3.8) is 0 Å². The van der Waals surface area contributed by atoms with Crippen molar-refractivity contribution in [2.45, 2.75) is 39.5 Å². The van der Waals surface area contributed by atoms with E-state index in [2.05, 4.69) is 0 Å². The highest BCUT2D eigenvalue weighted by molar-refractivity contribution is 7.53. The van der Waals surface area contributed by atoms with Gasteiger partial charge in [0, 0.05) is 6.61 Å². The Hall–Kier alpha value is 0.110. The van der Waals surface area contributed by atoms with Crippen LogP contribution in [0.4, 0.5) is 0 Å². The molecule has 0 amide bonds. The molecule has 0 radical (unpaired) electrons. The Morgan fingerprint density at radius 2 is 1.65 bits per heavy atom. The van der Waals surface area contributed by atoms with Gasteiger partial charge in [0.05, 0.1) is 19.4 Å². The van der Waals surface area contributed by atoms with Crippen molar-refractivity contribution in [2.75, 3.05) is 26.0 Å². The molecule has 5 heteroatoms. The smallest absolute Gasteiger partial charge is 0.330 e. The van der Waals surface area contributed by atoms with Gasteiger partial charge in [-0.25, -0.2) is 0 Å². The molecule has 0 saturated heterocycles. The Bertz CT molecular complexity index is 247. The average Bonchev–Trinajstić information content (AvgIpc) is 2.30. The third-order valence-corrected chi connectivity index (χ3v) is 5.63. The maximum Gasteiger partial charge on any atom is 0.330 e. The van der Waals surface area contributed by atoms with Gasteiger partial charge >= 0.3 is 7.60 Å². The summed E-state index contributed by atoms with van der Waals surface area (Å²) in [5.41, 5.74) is 0. The minimum absolute atomic E-state index is 0.183. The third kappa shape index (κ3) is 4.70. The van der Waals surface area contributed by atoms with Gasteiger partial charge in [-0.3, -0.25) is 4.57 Å². The minimum Gasteiger partial charge on any atom is -0.396 e. The summed E-state index contributed by atoms with van der Waals surface area (Å²) in [6.07, 6.45) is 4.82. The van der Waals surface area contributed by atoms with Gasteiger partial charge in [0.25, 0.3) is 0 Å². The predicted molar refractivity (Wildman–Crippen MR) is 68.3 cm³/mol. The van der Waals surface area contributed by atoms with E-state index in [1.165, 1.54) is 0 Å². The molecule has 102 valence electrons. The molecular weight excluding hydrogens is 239 g/mol. The molecule has 0 aliphatic heterocycles. The Morgan fingerprint density at radius 3 is 2.12 bits per heavy atom. The Labute approximate surface area is 104 Å². The fourth-order valence-corrected chi connectivity index (χ4v) is 4.72. The second kappa shape index (κ2) is 7.52. The van der Waals surface area contributed by atoms with Crippen LogP contribution in [0.25, 0.3) is 0 Å². The first-order chi connectivity index (χ1) is 8.15. The van der Waals surface area contributed by atoms with Gasteiger partial charge in [0.2, 0.25) is 0 Å². The van der Waals surface area contributed by atoms with E-state index < -0.39 is 7.60 Å². The maximum atomic E-state index is 12.4. The Kier molecular flexibility index (Phi) is 6.71. The summed E-state index contributed by atoms with van der Waals surface area (Å²) >= 11 is 0. The van der Waals surface area contributed by atoms with Gasteiger partial charge in [-0.1, -0.05) is 12.8 Å². The molecule has 0 aromatic carbocycles. The lowest BCUT2D eigenvalue weighted by Gasteiger charge is -2.32. The summed E-state index contributed by atoms with van der Waals surface area (Å²) in [5, 5.41) is 9.35. The number of aliphatic hydroxyl groups excluding tert-OH is 1. The Balaban J connectivity index is 2.60. The van der Waals surface area contributed by atoms with Crippen molar-refractivity contribution < 1.29 is 18.7 Å². The van der Waals surface area contributed by atoms with Gasteiger partial charge < -0.3 is 14.2 Å². The molecule has 0 heterocycles. The van der Waals surface area contributed by atoms with Crippen molar-refractivity contribution in [3.8, 4) is 0 Å². The second-order valence-electron chi connectivity index (χ2n) is 4.62. The van der Waals surface area contributed by atoms with Crippen molar-refractivity contribution in [2.24, 2.45) is 11.8 Å². The molecule has 1 N–H and O–H groups in total. The van der Waals surface area contributed by atoms with Crippen LogP contribution in [-0.2, 0) is 13.6 Å². The molecule has 1 aliphatic carbocycles. The van der Waals surface area contributed by atoms with Crippen LogP contribution in [-0.4, -0.2) is 31.1 Å². The van der Waals surface area contributed by atoms with Crippen molar-refractivity contribution in [1.82, 2.24) is 0 Å². The molecule has 1 saturated carbocycles. The van der Waals surface area contributed by atoms with Crippen molar-refractivity contribution in [3.05, 3.63) is 0 Å². The predicted octanol–water partition coefficient (Wildman–Crippen LogP) is 3.05. The first-order valence-corrected chi connectivity index (χ1v) is 8.37. The molecule has 17 heavy (non-hydrogen) atoms. The lowest BCUT2D eigenvalue weighted by molar-refractivity contribution is 0.137. The second-order valence-corrected chi connectivity index (χ2v) is 6.72. The van der Waals surface area contributed by atoms with Crippen LogP contribution in [0.2, 0.25) is 0 Å². The number of aliphatic hydroxyl groups is 1. The quantitative estimate of drug-likeness (QED) is 0.718. The van der Waals surface area contributed by atoms with E-state index >= 15 is 0 Å². The first kappa shape index (κ1) is 15.2. The van der Waals surface area contributed by atoms with Gasteiger partial charge in [-0.2, -0.15) is 0 Å². The molecular formula is C12H25O4P. The number of hydrogen-bond acceptors (Lipinski definition) is 4. The molecule has 4 nitrogen and oxygen atoms in total. The monoisotopic (exact) mass is 264 g/mol. The molecule has 0 aromatic rings. The van der Waals surface area contributed by atoms with Crippen molar-refractivity contribution in [1.29, 1.82) is 0 Å². The van der Waals surface area contributed by atoms with Gasteiger partial charge in [0.15, 0.2) is 0 Å². The summed E-state index contributed by atoms with van der Waals surface area (Å²) in [7, 11) is -2.95.